The second-order valence-electron chi connectivity index (χ2n) is 4.44. The molecule has 2 aromatic rings. The van der Waals surface area contributed by atoms with E-state index in [2.05, 4.69) is 10.6 Å². The third-order valence-electron chi connectivity index (χ3n) is 2.89. The molecule has 1 amide bonds. The largest absolute Gasteiger partial charge is 0.325 e. The van der Waals surface area contributed by atoms with Crippen LogP contribution in [-0.2, 0) is 11.3 Å². The quantitative estimate of drug-likeness (QED) is 0.861. The van der Waals surface area contributed by atoms with Crippen LogP contribution in [0, 0.1) is 0 Å². The van der Waals surface area contributed by atoms with Gasteiger partial charge in [-0.3, -0.25) is 4.79 Å². The van der Waals surface area contributed by atoms with E-state index >= 15 is 0 Å². The minimum absolute atomic E-state index is 0.0258. The zero-order valence-electron chi connectivity index (χ0n) is 11.0. The van der Waals surface area contributed by atoms with Gasteiger partial charge in [0.05, 0.1) is 6.04 Å². The Morgan fingerprint density at radius 3 is 2.21 bits per heavy atom. The van der Waals surface area contributed by atoms with Crippen molar-refractivity contribution in [3.8, 4) is 0 Å². The van der Waals surface area contributed by atoms with Crippen LogP contribution in [0.4, 0.5) is 5.69 Å². The second-order valence-corrected chi connectivity index (χ2v) is 4.44. The van der Waals surface area contributed by atoms with Gasteiger partial charge in [-0.25, -0.2) is 0 Å². The highest BCUT2D eigenvalue weighted by molar-refractivity contribution is 5.94. The highest BCUT2D eigenvalue weighted by Gasteiger charge is 2.11. The number of para-hydroxylation sites is 1. The van der Waals surface area contributed by atoms with Crippen LogP contribution in [-0.4, -0.2) is 11.9 Å². The minimum atomic E-state index is -0.236. The number of rotatable bonds is 5. The molecule has 19 heavy (non-hydrogen) atoms. The van der Waals surface area contributed by atoms with Gasteiger partial charge in [0, 0.05) is 12.2 Å². The lowest BCUT2D eigenvalue weighted by atomic mass is 10.2. The normalized spacial score (nSPS) is 11.8. The molecule has 2 rings (SSSR count). The number of hydrogen-bond acceptors (Lipinski definition) is 2. The Labute approximate surface area is 113 Å². The third-order valence-corrected chi connectivity index (χ3v) is 2.89. The van der Waals surface area contributed by atoms with Crippen LogP contribution in [0.1, 0.15) is 12.5 Å². The predicted octanol–water partition coefficient (Wildman–Crippen LogP) is 2.80. The number of hydrogen-bond donors (Lipinski definition) is 2. The highest BCUT2D eigenvalue weighted by Crippen LogP contribution is 2.05. The zero-order valence-corrected chi connectivity index (χ0v) is 11.0. The van der Waals surface area contributed by atoms with Crippen molar-refractivity contribution in [2.45, 2.75) is 19.5 Å². The van der Waals surface area contributed by atoms with Gasteiger partial charge in [0.2, 0.25) is 5.91 Å². The molecular formula is C16H18N2O. The first-order valence-electron chi connectivity index (χ1n) is 6.39. The van der Waals surface area contributed by atoms with Gasteiger partial charge in [0.25, 0.3) is 0 Å². The first-order chi connectivity index (χ1) is 9.25. The van der Waals surface area contributed by atoms with E-state index in [1.54, 1.807) is 0 Å². The molecule has 3 nitrogen and oxygen atoms in total. The van der Waals surface area contributed by atoms with E-state index in [0.29, 0.717) is 6.54 Å². The molecule has 0 radical (unpaired) electrons. The van der Waals surface area contributed by atoms with E-state index in [0.717, 1.165) is 5.69 Å². The van der Waals surface area contributed by atoms with Crippen molar-refractivity contribution in [3.05, 3.63) is 66.2 Å². The molecule has 2 N–H and O–H groups in total. The van der Waals surface area contributed by atoms with E-state index in [-0.39, 0.29) is 11.9 Å². The van der Waals surface area contributed by atoms with E-state index in [1.165, 1.54) is 5.56 Å². The SMILES string of the molecule is CC(NCc1ccccc1)C(=O)Nc1ccccc1. The van der Waals surface area contributed by atoms with Gasteiger partial charge in [-0.2, -0.15) is 0 Å². The van der Waals surface area contributed by atoms with Gasteiger partial charge in [0.1, 0.15) is 0 Å². The van der Waals surface area contributed by atoms with Gasteiger partial charge in [0.15, 0.2) is 0 Å². The number of nitrogens with one attached hydrogen (secondary N) is 2. The number of amides is 1. The second kappa shape index (κ2) is 6.71. The maximum atomic E-state index is 12.0. The topological polar surface area (TPSA) is 41.1 Å². The fourth-order valence-electron chi connectivity index (χ4n) is 1.73. The Bertz CT molecular complexity index is 511. The Kier molecular flexibility index (Phi) is 4.70. The number of carbonyl (C=O) groups excluding carboxylic acids is 1. The van der Waals surface area contributed by atoms with Gasteiger partial charge in [-0.05, 0) is 24.6 Å². The van der Waals surface area contributed by atoms with Crippen molar-refractivity contribution in [3.63, 3.8) is 0 Å². The van der Waals surface area contributed by atoms with Crippen LogP contribution in [0.5, 0.6) is 0 Å². The number of carbonyl (C=O) groups is 1. The molecule has 0 aromatic heterocycles. The van der Waals surface area contributed by atoms with Crippen LogP contribution in [0.15, 0.2) is 60.7 Å². The standard InChI is InChI=1S/C16H18N2O/c1-13(17-12-14-8-4-2-5-9-14)16(19)18-15-10-6-3-7-11-15/h2-11,13,17H,12H2,1H3,(H,18,19). The van der Waals surface area contributed by atoms with Crippen LogP contribution < -0.4 is 10.6 Å². The predicted molar refractivity (Wildman–Crippen MR) is 77.8 cm³/mol. The lowest BCUT2D eigenvalue weighted by Gasteiger charge is -2.14. The summed E-state index contributed by atoms with van der Waals surface area (Å²) >= 11 is 0. The summed E-state index contributed by atoms with van der Waals surface area (Å²) in [5.74, 6) is -0.0258. The summed E-state index contributed by atoms with van der Waals surface area (Å²) in [6.45, 7) is 2.55. The summed E-state index contributed by atoms with van der Waals surface area (Å²) < 4.78 is 0. The Hall–Kier alpha value is -2.13. The Balaban J connectivity index is 1.83. The summed E-state index contributed by atoms with van der Waals surface area (Å²) in [5.41, 5.74) is 1.99. The molecule has 98 valence electrons. The molecule has 0 aliphatic carbocycles. The first kappa shape index (κ1) is 13.3. The van der Waals surface area contributed by atoms with Gasteiger partial charge < -0.3 is 10.6 Å². The monoisotopic (exact) mass is 254 g/mol. The molecule has 0 spiro atoms. The summed E-state index contributed by atoms with van der Waals surface area (Å²) in [7, 11) is 0. The zero-order chi connectivity index (χ0) is 13.5. The first-order valence-corrected chi connectivity index (χ1v) is 6.39. The van der Waals surface area contributed by atoms with Crippen molar-refractivity contribution in [1.82, 2.24) is 5.32 Å². The van der Waals surface area contributed by atoms with Crippen molar-refractivity contribution in [2.24, 2.45) is 0 Å². The summed E-state index contributed by atoms with van der Waals surface area (Å²) in [4.78, 5) is 12.0. The number of benzene rings is 2. The van der Waals surface area contributed by atoms with Crippen LogP contribution >= 0.6 is 0 Å². The maximum absolute atomic E-state index is 12.0. The molecule has 0 saturated heterocycles. The van der Waals surface area contributed by atoms with Gasteiger partial charge in [-0.1, -0.05) is 48.5 Å². The fourth-order valence-corrected chi connectivity index (χ4v) is 1.73. The summed E-state index contributed by atoms with van der Waals surface area (Å²) in [6, 6.07) is 19.3. The molecule has 1 atom stereocenters. The molecule has 3 heteroatoms. The molecule has 0 bridgehead atoms. The van der Waals surface area contributed by atoms with Crippen molar-refractivity contribution >= 4 is 11.6 Å². The van der Waals surface area contributed by atoms with Gasteiger partial charge >= 0.3 is 0 Å². The van der Waals surface area contributed by atoms with Gasteiger partial charge in [-0.15, -0.1) is 0 Å². The van der Waals surface area contributed by atoms with Crippen molar-refractivity contribution in [1.29, 1.82) is 0 Å². The van der Waals surface area contributed by atoms with Crippen LogP contribution in [0.25, 0.3) is 0 Å². The van der Waals surface area contributed by atoms with Crippen molar-refractivity contribution in [2.75, 3.05) is 5.32 Å². The Morgan fingerprint density at radius 2 is 1.58 bits per heavy atom. The van der Waals surface area contributed by atoms with E-state index in [4.69, 9.17) is 0 Å². The average Bonchev–Trinajstić information content (AvgIpc) is 2.47. The van der Waals surface area contributed by atoms with Crippen LogP contribution in [0.3, 0.4) is 0 Å². The van der Waals surface area contributed by atoms with E-state index in [1.807, 2.05) is 67.6 Å². The summed E-state index contributed by atoms with van der Waals surface area (Å²) in [6.07, 6.45) is 0. The Morgan fingerprint density at radius 1 is 1.00 bits per heavy atom. The lowest BCUT2D eigenvalue weighted by molar-refractivity contribution is -0.117. The molecule has 0 aliphatic heterocycles. The molecule has 0 aliphatic rings. The molecule has 2 aromatic carbocycles. The van der Waals surface area contributed by atoms with E-state index < -0.39 is 0 Å². The third kappa shape index (κ3) is 4.23. The van der Waals surface area contributed by atoms with Crippen LogP contribution in [0.2, 0.25) is 0 Å². The molecule has 1 unspecified atom stereocenters. The average molecular weight is 254 g/mol. The lowest BCUT2D eigenvalue weighted by Crippen LogP contribution is -2.37. The fraction of sp³-hybridized carbons (Fsp3) is 0.188. The van der Waals surface area contributed by atoms with E-state index in [9.17, 15) is 4.79 Å². The van der Waals surface area contributed by atoms with Crippen molar-refractivity contribution < 1.29 is 4.79 Å². The number of anilines is 1. The summed E-state index contributed by atoms with van der Waals surface area (Å²) in [5, 5.41) is 6.08. The molecule has 0 fully saturated rings. The minimum Gasteiger partial charge on any atom is -0.325 e. The molecular weight excluding hydrogens is 236 g/mol. The maximum Gasteiger partial charge on any atom is 0.241 e. The smallest absolute Gasteiger partial charge is 0.241 e. The molecule has 0 saturated carbocycles. The highest BCUT2D eigenvalue weighted by atomic mass is 16.2. The molecule has 0 heterocycles.